The molecular weight excluding hydrogens is 186 g/mol. The zero-order valence-electron chi connectivity index (χ0n) is 11.2. The van der Waals surface area contributed by atoms with Crippen molar-refractivity contribution in [2.45, 2.75) is 59.0 Å². The van der Waals surface area contributed by atoms with Crippen LogP contribution < -0.4 is 5.32 Å². The van der Waals surface area contributed by atoms with Gasteiger partial charge in [-0.2, -0.15) is 0 Å². The van der Waals surface area contributed by atoms with Crippen molar-refractivity contribution in [1.82, 2.24) is 5.32 Å². The van der Waals surface area contributed by atoms with Crippen LogP contribution in [0, 0.1) is 5.92 Å². The Kier molecular flexibility index (Phi) is 8.07. The van der Waals surface area contributed by atoms with Crippen molar-refractivity contribution in [3.63, 3.8) is 0 Å². The Bertz CT molecular complexity index is 145. The second kappa shape index (κ2) is 8.12. The average Bonchev–Trinajstić information content (AvgIpc) is 2.22. The Morgan fingerprint density at radius 2 is 1.87 bits per heavy atom. The molecule has 0 aliphatic heterocycles. The molecule has 15 heavy (non-hydrogen) atoms. The van der Waals surface area contributed by atoms with Gasteiger partial charge in [-0.1, -0.05) is 20.3 Å². The minimum atomic E-state index is 0.0399. The largest absolute Gasteiger partial charge is 0.379 e. The summed E-state index contributed by atoms with van der Waals surface area (Å²) in [6.45, 7) is 11.0. The lowest BCUT2D eigenvalue weighted by molar-refractivity contribution is 0.0101. The van der Waals surface area contributed by atoms with E-state index in [9.17, 15) is 0 Å². The van der Waals surface area contributed by atoms with E-state index in [0.717, 1.165) is 25.4 Å². The van der Waals surface area contributed by atoms with E-state index in [1.165, 1.54) is 19.3 Å². The molecule has 0 fully saturated rings. The van der Waals surface area contributed by atoms with Gasteiger partial charge in [0, 0.05) is 7.11 Å². The quantitative estimate of drug-likeness (QED) is 0.637. The second-order valence-electron chi connectivity index (χ2n) is 4.96. The summed E-state index contributed by atoms with van der Waals surface area (Å²) in [5.74, 6) is 0.810. The van der Waals surface area contributed by atoms with E-state index in [-0.39, 0.29) is 5.60 Å². The van der Waals surface area contributed by atoms with Gasteiger partial charge in [0.05, 0.1) is 5.60 Å². The lowest BCUT2D eigenvalue weighted by atomic mass is 9.92. The van der Waals surface area contributed by atoms with Crippen LogP contribution in [0.15, 0.2) is 0 Å². The van der Waals surface area contributed by atoms with E-state index in [4.69, 9.17) is 4.74 Å². The Morgan fingerprint density at radius 3 is 2.33 bits per heavy atom. The molecule has 0 aromatic rings. The minimum absolute atomic E-state index is 0.0399. The maximum absolute atomic E-state index is 5.45. The predicted octanol–water partition coefficient (Wildman–Crippen LogP) is 3.22. The van der Waals surface area contributed by atoms with Gasteiger partial charge >= 0.3 is 0 Å². The Labute approximate surface area is 95.8 Å². The average molecular weight is 215 g/mol. The molecule has 0 spiro atoms. The summed E-state index contributed by atoms with van der Waals surface area (Å²) in [6, 6.07) is 0. The van der Waals surface area contributed by atoms with E-state index in [0.29, 0.717) is 0 Å². The highest BCUT2D eigenvalue weighted by atomic mass is 16.5. The maximum atomic E-state index is 5.45. The Morgan fingerprint density at radius 1 is 1.20 bits per heavy atom. The van der Waals surface area contributed by atoms with Crippen LogP contribution in [0.5, 0.6) is 0 Å². The van der Waals surface area contributed by atoms with E-state index < -0.39 is 0 Å². The number of rotatable bonds is 9. The summed E-state index contributed by atoms with van der Waals surface area (Å²) in [7, 11) is 1.80. The SMILES string of the molecule is CCCC(CCC(C)(C)OC)CNCC. The fraction of sp³-hybridized carbons (Fsp3) is 1.00. The number of hydrogen-bond donors (Lipinski definition) is 1. The Hall–Kier alpha value is -0.0800. The number of ether oxygens (including phenoxy) is 1. The van der Waals surface area contributed by atoms with Crippen molar-refractivity contribution >= 4 is 0 Å². The molecule has 2 heteroatoms. The van der Waals surface area contributed by atoms with Gasteiger partial charge in [-0.25, -0.2) is 0 Å². The molecule has 2 nitrogen and oxygen atoms in total. The van der Waals surface area contributed by atoms with Crippen molar-refractivity contribution in [1.29, 1.82) is 0 Å². The molecule has 0 rings (SSSR count). The van der Waals surface area contributed by atoms with E-state index in [1.807, 2.05) is 0 Å². The smallest absolute Gasteiger partial charge is 0.0622 e. The summed E-state index contributed by atoms with van der Waals surface area (Å²) in [5, 5.41) is 3.45. The van der Waals surface area contributed by atoms with Gasteiger partial charge in [-0.15, -0.1) is 0 Å². The highest BCUT2D eigenvalue weighted by Gasteiger charge is 2.18. The van der Waals surface area contributed by atoms with Crippen molar-refractivity contribution in [2.75, 3.05) is 20.2 Å². The summed E-state index contributed by atoms with van der Waals surface area (Å²) in [5.41, 5.74) is 0.0399. The molecule has 0 saturated carbocycles. The molecule has 92 valence electrons. The fourth-order valence-electron chi connectivity index (χ4n) is 1.76. The molecule has 0 aliphatic rings. The highest BCUT2D eigenvalue weighted by molar-refractivity contribution is 4.71. The topological polar surface area (TPSA) is 21.3 Å². The van der Waals surface area contributed by atoms with Crippen molar-refractivity contribution in [3.05, 3.63) is 0 Å². The number of hydrogen-bond acceptors (Lipinski definition) is 2. The van der Waals surface area contributed by atoms with E-state index in [2.05, 4.69) is 33.0 Å². The van der Waals surface area contributed by atoms with Gasteiger partial charge in [-0.05, 0) is 52.1 Å². The number of nitrogens with one attached hydrogen (secondary N) is 1. The summed E-state index contributed by atoms with van der Waals surface area (Å²) < 4.78 is 5.45. The molecule has 0 aromatic carbocycles. The predicted molar refractivity (Wildman–Crippen MR) is 67.3 cm³/mol. The van der Waals surface area contributed by atoms with Gasteiger partial charge in [0.15, 0.2) is 0 Å². The van der Waals surface area contributed by atoms with Crippen LogP contribution in [-0.2, 0) is 4.74 Å². The van der Waals surface area contributed by atoms with Crippen LogP contribution in [0.2, 0.25) is 0 Å². The van der Waals surface area contributed by atoms with Crippen LogP contribution in [0.4, 0.5) is 0 Å². The monoisotopic (exact) mass is 215 g/mol. The third kappa shape index (κ3) is 7.80. The zero-order valence-corrected chi connectivity index (χ0v) is 11.2. The molecule has 1 unspecified atom stereocenters. The first-order valence-corrected chi connectivity index (χ1v) is 6.31. The highest BCUT2D eigenvalue weighted by Crippen LogP contribution is 2.21. The maximum Gasteiger partial charge on any atom is 0.0622 e. The number of methoxy groups -OCH3 is 1. The van der Waals surface area contributed by atoms with Gasteiger partial charge in [0.1, 0.15) is 0 Å². The fourth-order valence-corrected chi connectivity index (χ4v) is 1.76. The normalized spacial score (nSPS) is 14.2. The van der Waals surface area contributed by atoms with Crippen molar-refractivity contribution < 1.29 is 4.74 Å². The first-order valence-electron chi connectivity index (χ1n) is 6.31. The molecule has 1 N–H and O–H groups in total. The molecule has 0 amide bonds. The van der Waals surface area contributed by atoms with Crippen LogP contribution >= 0.6 is 0 Å². The van der Waals surface area contributed by atoms with E-state index in [1.54, 1.807) is 7.11 Å². The van der Waals surface area contributed by atoms with Gasteiger partial charge in [0.25, 0.3) is 0 Å². The lowest BCUT2D eigenvalue weighted by Crippen LogP contribution is -2.27. The molecule has 0 saturated heterocycles. The van der Waals surface area contributed by atoms with Crippen LogP contribution in [-0.4, -0.2) is 25.8 Å². The third-order valence-electron chi connectivity index (χ3n) is 3.09. The van der Waals surface area contributed by atoms with Gasteiger partial charge in [0.2, 0.25) is 0 Å². The molecule has 0 radical (unpaired) electrons. The minimum Gasteiger partial charge on any atom is -0.379 e. The molecule has 0 bridgehead atoms. The van der Waals surface area contributed by atoms with Crippen LogP contribution in [0.25, 0.3) is 0 Å². The first kappa shape index (κ1) is 14.9. The summed E-state index contributed by atoms with van der Waals surface area (Å²) in [6.07, 6.45) is 5.03. The first-order chi connectivity index (χ1) is 7.05. The van der Waals surface area contributed by atoms with Gasteiger partial charge in [-0.3, -0.25) is 0 Å². The Balaban J connectivity index is 3.83. The van der Waals surface area contributed by atoms with Gasteiger partial charge < -0.3 is 10.1 Å². The van der Waals surface area contributed by atoms with E-state index >= 15 is 0 Å². The van der Waals surface area contributed by atoms with Crippen molar-refractivity contribution in [3.8, 4) is 0 Å². The second-order valence-corrected chi connectivity index (χ2v) is 4.96. The molecular formula is C13H29NO. The molecule has 0 aromatic heterocycles. The molecule has 0 aliphatic carbocycles. The van der Waals surface area contributed by atoms with Crippen LogP contribution in [0.1, 0.15) is 53.4 Å². The zero-order chi connectivity index (χ0) is 11.7. The standard InChI is InChI=1S/C13H29NO/c1-6-8-12(11-14-7-2)9-10-13(3,4)15-5/h12,14H,6-11H2,1-5H3. The van der Waals surface area contributed by atoms with Crippen LogP contribution in [0.3, 0.4) is 0 Å². The third-order valence-corrected chi connectivity index (χ3v) is 3.09. The summed E-state index contributed by atoms with van der Waals surface area (Å²) >= 11 is 0. The van der Waals surface area contributed by atoms with Crippen molar-refractivity contribution in [2.24, 2.45) is 5.92 Å². The molecule has 0 heterocycles. The lowest BCUT2D eigenvalue weighted by Gasteiger charge is -2.26. The summed E-state index contributed by atoms with van der Waals surface area (Å²) in [4.78, 5) is 0. The molecule has 1 atom stereocenters.